The van der Waals surface area contributed by atoms with E-state index in [1.807, 2.05) is 6.07 Å². The Labute approximate surface area is 124 Å². The molecule has 1 amide bonds. The number of nitriles is 1. The van der Waals surface area contributed by atoms with Gasteiger partial charge in [-0.3, -0.25) is 4.79 Å². The molecule has 0 heterocycles. The number of phenols is 1. The lowest BCUT2D eigenvalue weighted by molar-refractivity contribution is 0.102. The molecule has 4 nitrogen and oxygen atoms in total. The van der Waals surface area contributed by atoms with E-state index in [-0.39, 0.29) is 11.7 Å². The number of halogens is 1. The number of nitrogens with zero attached hydrogens (tertiary/aromatic N) is 1. The van der Waals surface area contributed by atoms with Crippen molar-refractivity contribution in [1.29, 1.82) is 5.26 Å². The van der Waals surface area contributed by atoms with E-state index in [0.29, 0.717) is 22.4 Å². The number of nitrogens with one attached hydrogen (secondary N) is 1. The van der Waals surface area contributed by atoms with Gasteiger partial charge in [-0.2, -0.15) is 5.26 Å². The maximum atomic E-state index is 12.2. The molecule has 0 bridgehead atoms. The van der Waals surface area contributed by atoms with Crippen molar-refractivity contribution in [3.8, 4) is 11.8 Å². The summed E-state index contributed by atoms with van der Waals surface area (Å²) < 4.78 is 0.764. The SMILES string of the molecule is Cc1c(O)cccc1C(=O)Nc1ccc(Br)cc1C#N. The number of hydrogen-bond donors (Lipinski definition) is 2. The molecule has 0 atom stereocenters. The summed E-state index contributed by atoms with van der Waals surface area (Å²) in [7, 11) is 0. The molecule has 0 saturated heterocycles. The molecule has 2 aromatic carbocycles. The molecule has 2 N–H and O–H groups in total. The van der Waals surface area contributed by atoms with Crippen molar-refractivity contribution in [2.24, 2.45) is 0 Å². The van der Waals surface area contributed by atoms with E-state index in [9.17, 15) is 9.90 Å². The molecule has 0 aromatic heterocycles. The molecule has 0 unspecified atom stereocenters. The Morgan fingerprint density at radius 3 is 2.80 bits per heavy atom. The summed E-state index contributed by atoms with van der Waals surface area (Å²) in [5.74, 6) is -0.300. The van der Waals surface area contributed by atoms with Crippen molar-refractivity contribution in [3.63, 3.8) is 0 Å². The lowest BCUT2D eigenvalue weighted by atomic mass is 10.1. The second kappa shape index (κ2) is 5.76. The molecule has 0 saturated carbocycles. The molecule has 0 aliphatic heterocycles. The number of rotatable bonds is 2. The predicted molar refractivity (Wildman–Crippen MR) is 79.7 cm³/mol. The van der Waals surface area contributed by atoms with Gasteiger partial charge in [0.1, 0.15) is 11.8 Å². The Morgan fingerprint density at radius 2 is 2.10 bits per heavy atom. The zero-order chi connectivity index (χ0) is 14.7. The van der Waals surface area contributed by atoms with E-state index in [1.165, 1.54) is 6.07 Å². The third-order valence-corrected chi connectivity index (χ3v) is 3.39. The average molecular weight is 331 g/mol. The summed E-state index contributed by atoms with van der Waals surface area (Å²) >= 11 is 3.27. The molecular formula is C15H11BrN2O2. The van der Waals surface area contributed by atoms with Crippen molar-refractivity contribution in [1.82, 2.24) is 0 Å². The first-order valence-electron chi connectivity index (χ1n) is 5.82. The van der Waals surface area contributed by atoms with Crippen molar-refractivity contribution in [3.05, 3.63) is 57.6 Å². The van der Waals surface area contributed by atoms with Gasteiger partial charge in [0.15, 0.2) is 0 Å². The van der Waals surface area contributed by atoms with Crippen LogP contribution in [0.1, 0.15) is 21.5 Å². The fourth-order valence-electron chi connectivity index (χ4n) is 1.78. The van der Waals surface area contributed by atoms with Crippen LogP contribution in [0.3, 0.4) is 0 Å². The predicted octanol–water partition coefficient (Wildman–Crippen LogP) is 3.59. The number of carbonyl (C=O) groups is 1. The molecule has 100 valence electrons. The van der Waals surface area contributed by atoms with Crippen molar-refractivity contribution >= 4 is 27.5 Å². The van der Waals surface area contributed by atoms with Crippen LogP contribution in [0, 0.1) is 18.3 Å². The standard InChI is InChI=1S/C15H11BrN2O2/c1-9-12(3-2-4-14(9)19)15(20)18-13-6-5-11(16)7-10(13)8-17/h2-7,19H,1H3,(H,18,20). The van der Waals surface area contributed by atoms with Crippen LogP contribution in [0.2, 0.25) is 0 Å². The third kappa shape index (κ3) is 2.81. The first kappa shape index (κ1) is 14.1. The molecule has 2 aromatic rings. The number of benzene rings is 2. The maximum absolute atomic E-state index is 12.2. The van der Waals surface area contributed by atoms with E-state index in [0.717, 1.165) is 4.47 Å². The largest absolute Gasteiger partial charge is 0.508 e. The molecule has 0 aliphatic rings. The fraction of sp³-hybridized carbons (Fsp3) is 0.0667. The number of carbonyl (C=O) groups excluding carboxylic acids is 1. The summed E-state index contributed by atoms with van der Waals surface area (Å²) in [4.78, 5) is 12.2. The van der Waals surface area contributed by atoms with Crippen LogP contribution < -0.4 is 5.32 Å². The number of amides is 1. The molecule has 5 heteroatoms. The molecule has 0 spiro atoms. The van der Waals surface area contributed by atoms with Gasteiger partial charge in [-0.05, 0) is 37.3 Å². The van der Waals surface area contributed by atoms with Crippen molar-refractivity contribution in [2.75, 3.05) is 5.32 Å². The Bertz CT molecular complexity index is 720. The van der Waals surface area contributed by atoms with Gasteiger partial charge < -0.3 is 10.4 Å². The van der Waals surface area contributed by atoms with Crippen LogP contribution in [0.15, 0.2) is 40.9 Å². The summed E-state index contributed by atoms with van der Waals surface area (Å²) in [6.07, 6.45) is 0. The van der Waals surface area contributed by atoms with E-state index >= 15 is 0 Å². The summed E-state index contributed by atoms with van der Waals surface area (Å²) in [6, 6.07) is 11.8. The van der Waals surface area contributed by atoms with Crippen LogP contribution in [-0.4, -0.2) is 11.0 Å². The minimum Gasteiger partial charge on any atom is -0.508 e. The van der Waals surface area contributed by atoms with Gasteiger partial charge in [0.2, 0.25) is 0 Å². The number of anilines is 1. The van der Waals surface area contributed by atoms with Crippen molar-refractivity contribution in [2.45, 2.75) is 6.92 Å². The molecular weight excluding hydrogens is 320 g/mol. The first-order valence-corrected chi connectivity index (χ1v) is 6.62. The van der Waals surface area contributed by atoms with Gasteiger partial charge in [0, 0.05) is 15.6 Å². The van der Waals surface area contributed by atoms with Gasteiger partial charge in [0.05, 0.1) is 11.3 Å². The molecule has 2 rings (SSSR count). The van der Waals surface area contributed by atoms with E-state index in [4.69, 9.17) is 5.26 Å². The average Bonchev–Trinajstić information content (AvgIpc) is 2.43. The van der Waals surface area contributed by atoms with Gasteiger partial charge in [-0.1, -0.05) is 22.0 Å². The molecule has 0 fully saturated rings. The Kier molecular flexibility index (Phi) is 4.06. The summed E-state index contributed by atoms with van der Waals surface area (Å²) in [5, 5.41) is 21.4. The highest BCUT2D eigenvalue weighted by molar-refractivity contribution is 9.10. The Hall–Kier alpha value is -2.32. The lowest BCUT2D eigenvalue weighted by Crippen LogP contribution is -2.14. The highest BCUT2D eigenvalue weighted by Gasteiger charge is 2.13. The molecule has 20 heavy (non-hydrogen) atoms. The normalized spacial score (nSPS) is 9.85. The smallest absolute Gasteiger partial charge is 0.256 e. The van der Waals surface area contributed by atoms with E-state index < -0.39 is 0 Å². The minimum absolute atomic E-state index is 0.0639. The van der Waals surface area contributed by atoms with Crippen LogP contribution in [0.4, 0.5) is 5.69 Å². The summed E-state index contributed by atoms with van der Waals surface area (Å²) in [5.41, 5.74) is 1.67. The zero-order valence-corrected chi connectivity index (χ0v) is 12.2. The number of hydrogen-bond acceptors (Lipinski definition) is 3. The van der Waals surface area contributed by atoms with Gasteiger partial charge in [-0.25, -0.2) is 0 Å². The monoisotopic (exact) mass is 330 g/mol. The maximum Gasteiger partial charge on any atom is 0.256 e. The van der Waals surface area contributed by atoms with Crippen molar-refractivity contribution < 1.29 is 9.90 Å². The van der Waals surface area contributed by atoms with Gasteiger partial charge in [-0.15, -0.1) is 0 Å². The van der Waals surface area contributed by atoms with Crippen LogP contribution >= 0.6 is 15.9 Å². The van der Waals surface area contributed by atoms with E-state index in [2.05, 4.69) is 21.2 Å². The Morgan fingerprint density at radius 1 is 1.35 bits per heavy atom. The minimum atomic E-state index is -0.364. The Balaban J connectivity index is 2.33. The highest BCUT2D eigenvalue weighted by atomic mass is 79.9. The van der Waals surface area contributed by atoms with Crippen LogP contribution in [-0.2, 0) is 0 Å². The second-order valence-corrected chi connectivity index (χ2v) is 5.12. The molecule has 0 aliphatic carbocycles. The molecule has 0 radical (unpaired) electrons. The van der Waals surface area contributed by atoms with Crippen LogP contribution in [0.5, 0.6) is 5.75 Å². The van der Waals surface area contributed by atoms with Gasteiger partial charge in [0.25, 0.3) is 5.91 Å². The topological polar surface area (TPSA) is 73.1 Å². The lowest BCUT2D eigenvalue weighted by Gasteiger charge is -2.10. The fourth-order valence-corrected chi connectivity index (χ4v) is 2.14. The third-order valence-electron chi connectivity index (χ3n) is 2.90. The quantitative estimate of drug-likeness (QED) is 0.883. The number of aromatic hydroxyl groups is 1. The van der Waals surface area contributed by atoms with E-state index in [1.54, 1.807) is 37.3 Å². The highest BCUT2D eigenvalue weighted by Crippen LogP contribution is 2.23. The second-order valence-electron chi connectivity index (χ2n) is 4.21. The first-order chi connectivity index (χ1) is 9.52. The zero-order valence-electron chi connectivity index (χ0n) is 10.6. The summed E-state index contributed by atoms with van der Waals surface area (Å²) in [6.45, 7) is 1.66. The van der Waals surface area contributed by atoms with Crippen LogP contribution in [0.25, 0.3) is 0 Å². The van der Waals surface area contributed by atoms with Gasteiger partial charge >= 0.3 is 0 Å². The number of phenolic OH excluding ortho intramolecular Hbond substituents is 1.